The zero-order chi connectivity index (χ0) is 19.2. The molecule has 0 N–H and O–H groups in total. The predicted octanol–water partition coefficient (Wildman–Crippen LogP) is 1.11. The molecule has 2 aromatic rings. The number of ether oxygens (including phenoxy) is 1. The van der Waals surface area contributed by atoms with E-state index in [4.69, 9.17) is 4.74 Å². The molecule has 0 radical (unpaired) electrons. The summed E-state index contributed by atoms with van der Waals surface area (Å²) >= 11 is 0. The lowest BCUT2D eigenvalue weighted by molar-refractivity contribution is 0.107. The minimum atomic E-state index is 0.0482. The Morgan fingerprint density at radius 3 is 2.41 bits per heavy atom. The van der Waals surface area contributed by atoms with E-state index in [0.29, 0.717) is 13.2 Å². The molecule has 2 heterocycles. The first-order chi connectivity index (χ1) is 13.1. The molecule has 0 unspecified atom stereocenters. The summed E-state index contributed by atoms with van der Waals surface area (Å²) in [6.45, 7) is 8.72. The molecule has 1 aromatic heterocycles. The molecule has 0 saturated carbocycles. The average molecular weight is 374 g/mol. The summed E-state index contributed by atoms with van der Waals surface area (Å²) in [5, 5.41) is 12.6. The second kappa shape index (κ2) is 9.25. The third-order valence-electron chi connectivity index (χ3n) is 5.26. The summed E-state index contributed by atoms with van der Waals surface area (Å²) in [5.41, 5.74) is 2.41. The number of aromatic nitrogens is 4. The Hall–Kier alpha value is -2.03. The second-order valence-electron chi connectivity index (χ2n) is 7.11. The molecule has 1 aromatic carbocycles. The molecular formula is C19H31N7O. The molecule has 8 heteroatoms. The Kier molecular flexibility index (Phi) is 6.76. The zero-order valence-corrected chi connectivity index (χ0v) is 16.9. The quantitative estimate of drug-likeness (QED) is 0.687. The number of hydrogen-bond donors (Lipinski definition) is 0. The highest BCUT2D eigenvalue weighted by Crippen LogP contribution is 2.29. The van der Waals surface area contributed by atoms with Gasteiger partial charge in [0.1, 0.15) is 0 Å². The van der Waals surface area contributed by atoms with Crippen LogP contribution in [-0.2, 0) is 11.3 Å². The maximum absolute atomic E-state index is 5.23. The number of benzene rings is 1. The van der Waals surface area contributed by atoms with E-state index in [-0.39, 0.29) is 6.04 Å². The second-order valence-corrected chi connectivity index (χ2v) is 7.11. The van der Waals surface area contributed by atoms with E-state index in [1.807, 2.05) is 4.68 Å². The lowest BCUT2D eigenvalue weighted by atomic mass is 10.0. The van der Waals surface area contributed by atoms with Gasteiger partial charge in [-0.2, -0.15) is 0 Å². The molecule has 27 heavy (non-hydrogen) atoms. The smallest absolute Gasteiger partial charge is 0.173 e. The van der Waals surface area contributed by atoms with Gasteiger partial charge in [-0.05, 0) is 34.7 Å². The van der Waals surface area contributed by atoms with Crippen molar-refractivity contribution in [3.63, 3.8) is 0 Å². The van der Waals surface area contributed by atoms with Crippen LogP contribution in [0.3, 0.4) is 0 Å². The molecular weight excluding hydrogens is 342 g/mol. The van der Waals surface area contributed by atoms with Crippen molar-refractivity contribution >= 4 is 5.69 Å². The maximum Gasteiger partial charge on any atom is 0.173 e. The van der Waals surface area contributed by atoms with Crippen molar-refractivity contribution in [3.05, 3.63) is 35.7 Å². The van der Waals surface area contributed by atoms with E-state index in [9.17, 15) is 0 Å². The van der Waals surface area contributed by atoms with Crippen molar-refractivity contribution in [2.24, 2.45) is 0 Å². The van der Waals surface area contributed by atoms with E-state index < -0.39 is 0 Å². The first-order valence-corrected chi connectivity index (χ1v) is 9.62. The van der Waals surface area contributed by atoms with Crippen LogP contribution in [0.1, 0.15) is 24.4 Å². The van der Waals surface area contributed by atoms with E-state index in [1.165, 1.54) is 11.3 Å². The van der Waals surface area contributed by atoms with Gasteiger partial charge in [0.25, 0.3) is 0 Å². The van der Waals surface area contributed by atoms with Gasteiger partial charge >= 0.3 is 0 Å². The van der Waals surface area contributed by atoms with E-state index >= 15 is 0 Å². The molecule has 0 amide bonds. The third kappa shape index (κ3) is 4.63. The topological polar surface area (TPSA) is 62.5 Å². The SMILES string of the molecule is CCN1CCN([C@@H](c2ccc(N(C)C)cc2)c2nnnn2CCOC)CC1. The van der Waals surface area contributed by atoms with Gasteiger partial charge < -0.3 is 14.5 Å². The van der Waals surface area contributed by atoms with Crippen LogP contribution in [0, 0.1) is 0 Å². The van der Waals surface area contributed by atoms with Crippen LogP contribution in [0.5, 0.6) is 0 Å². The van der Waals surface area contributed by atoms with E-state index in [0.717, 1.165) is 38.5 Å². The van der Waals surface area contributed by atoms with Gasteiger partial charge in [-0.3, -0.25) is 4.90 Å². The number of rotatable bonds is 8. The molecule has 1 aliphatic heterocycles. The van der Waals surface area contributed by atoms with Gasteiger partial charge in [0.05, 0.1) is 19.2 Å². The summed E-state index contributed by atoms with van der Waals surface area (Å²) < 4.78 is 7.10. The van der Waals surface area contributed by atoms with Gasteiger partial charge in [0, 0.05) is 53.1 Å². The molecule has 1 fully saturated rings. The van der Waals surface area contributed by atoms with Gasteiger partial charge in [-0.15, -0.1) is 5.10 Å². The monoisotopic (exact) mass is 373 g/mol. The fraction of sp³-hybridized carbons (Fsp3) is 0.632. The Labute approximate surface area is 161 Å². The molecule has 0 spiro atoms. The number of anilines is 1. The van der Waals surface area contributed by atoms with Gasteiger partial charge in [-0.1, -0.05) is 19.1 Å². The minimum Gasteiger partial charge on any atom is -0.383 e. The van der Waals surface area contributed by atoms with E-state index in [2.05, 4.69) is 75.5 Å². The molecule has 1 aliphatic rings. The Morgan fingerprint density at radius 1 is 1.11 bits per heavy atom. The molecule has 0 aliphatic carbocycles. The highest BCUT2D eigenvalue weighted by molar-refractivity contribution is 5.47. The lowest BCUT2D eigenvalue weighted by Crippen LogP contribution is -2.48. The molecule has 8 nitrogen and oxygen atoms in total. The number of likely N-dealkylation sites (N-methyl/N-ethyl adjacent to an activating group) is 1. The summed E-state index contributed by atoms with van der Waals surface area (Å²) in [6, 6.07) is 8.76. The largest absolute Gasteiger partial charge is 0.383 e. The standard InChI is InChI=1S/C19H31N7O/c1-5-24-10-12-25(13-11-24)18(16-6-8-17(9-7-16)23(2)3)19-20-21-22-26(19)14-15-27-4/h6-9,18H,5,10-15H2,1-4H3/t18-/m0/s1. The van der Waals surface area contributed by atoms with Crippen LogP contribution < -0.4 is 4.90 Å². The van der Waals surface area contributed by atoms with Gasteiger partial charge in [0.15, 0.2) is 5.82 Å². The number of tetrazole rings is 1. The number of nitrogens with zero attached hydrogens (tertiary/aromatic N) is 7. The maximum atomic E-state index is 5.23. The fourth-order valence-electron chi connectivity index (χ4n) is 3.56. The molecule has 1 saturated heterocycles. The van der Waals surface area contributed by atoms with Gasteiger partial charge in [-0.25, -0.2) is 4.68 Å². The van der Waals surface area contributed by atoms with Crippen molar-refractivity contribution in [1.29, 1.82) is 0 Å². The zero-order valence-electron chi connectivity index (χ0n) is 16.9. The molecule has 0 bridgehead atoms. The van der Waals surface area contributed by atoms with Crippen molar-refractivity contribution in [3.8, 4) is 0 Å². The van der Waals surface area contributed by atoms with Crippen LogP contribution in [0.2, 0.25) is 0 Å². The average Bonchev–Trinajstić information content (AvgIpc) is 3.15. The van der Waals surface area contributed by atoms with Crippen LogP contribution in [0.25, 0.3) is 0 Å². The van der Waals surface area contributed by atoms with Crippen molar-refractivity contribution in [2.45, 2.75) is 19.5 Å². The summed E-state index contributed by atoms with van der Waals surface area (Å²) in [7, 11) is 5.81. The van der Waals surface area contributed by atoms with Crippen molar-refractivity contribution in [1.82, 2.24) is 30.0 Å². The minimum absolute atomic E-state index is 0.0482. The molecule has 148 valence electrons. The summed E-state index contributed by atoms with van der Waals surface area (Å²) in [5.74, 6) is 0.884. The Bertz CT molecular complexity index is 692. The Balaban J connectivity index is 1.91. The first-order valence-electron chi connectivity index (χ1n) is 9.62. The summed E-state index contributed by atoms with van der Waals surface area (Å²) in [6.07, 6.45) is 0. The fourth-order valence-corrected chi connectivity index (χ4v) is 3.56. The highest BCUT2D eigenvalue weighted by Gasteiger charge is 2.30. The summed E-state index contributed by atoms with van der Waals surface area (Å²) in [4.78, 5) is 7.09. The number of piperazine rings is 1. The number of hydrogen-bond acceptors (Lipinski definition) is 7. The normalized spacial score (nSPS) is 17.2. The highest BCUT2D eigenvalue weighted by atomic mass is 16.5. The predicted molar refractivity (Wildman–Crippen MR) is 106 cm³/mol. The van der Waals surface area contributed by atoms with Crippen LogP contribution in [0.4, 0.5) is 5.69 Å². The van der Waals surface area contributed by atoms with Crippen LogP contribution >= 0.6 is 0 Å². The van der Waals surface area contributed by atoms with E-state index in [1.54, 1.807) is 7.11 Å². The van der Waals surface area contributed by atoms with Crippen LogP contribution in [-0.4, -0.2) is 90.5 Å². The third-order valence-corrected chi connectivity index (χ3v) is 5.26. The van der Waals surface area contributed by atoms with Gasteiger partial charge in [0.2, 0.25) is 0 Å². The number of methoxy groups -OCH3 is 1. The van der Waals surface area contributed by atoms with Crippen molar-refractivity contribution in [2.75, 3.05) is 65.4 Å². The van der Waals surface area contributed by atoms with Crippen LogP contribution in [0.15, 0.2) is 24.3 Å². The lowest BCUT2D eigenvalue weighted by Gasteiger charge is -2.38. The molecule has 1 atom stereocenters. The first kappa shape index (κ1) is 19.7. The Morgan fingerprint density at radius 2 is 1.81 bits per heavy atom. The van der Waals surface area contributed by atoms with Crippen molar-refractivity contribution < 1.29 is 4.74 Å². The molecule has 3 rings (SSSR count).